The molecule has 0 N–H and O–H groups in total. The Balaban J connectivity index is 2.88. The Morgan fingerprint density at radius 1 is 1.33 bits per heavy atom. The van der Waals surface area contributed by atoms with Crippen LogP contribution in [0.1, 0.15) is 11.5 Å². The minimum Gasteiger partial charge on any atom is -0.214 e. The van der Waals surface area contributed by atoms with Gasteiger partial charge in [-0.2, -0.15) is 9.61 Å². The zero-order valence-electron chi connectivity index (χ0n) is 6.74. The van der Waals surface area contributed by atoms with Crippen molar-refractivity contribution in [2.24, 2.45) is 0 Å². The summed E-state index contributed by atoms with van der Waals surface area (Å²) in [4.78, 5) is 8.34. The molecule has 0 aromatic carbocycles. The first-order chi connectivity index (χ1) is 5.66. The number of nitrogens with zero attached hydrogens (tertiary/aromatic N) is 4. The summed E-state index contributed by atoms with van der Waals surface area (Å²) in [7, 11) is 0. The Bertz CT molecular complexity index is 434. The summed E-state index contributed by atoms with van der Waals surface area (Å²) in [6.45, 7) is 3.78. The molecule has 0 atom stereocenters. The van der Waals surface area contributed by atoms with Gasteiger partial charge in [0.2, 0.25) is 4.73 Å². The second-order valence-electron chi connectivity index (χ2n) is 2.60. The van der Waals surface area contributed by atoms with Gasteiger partial charge < -0.3 is 0 Å². The predicted molar refractivity (Wildman–Crippen MR) is 48.0 cm³/mol. The van der Waals surface area contributed by atoms with Crippen LogP contribution in [0, 0.1) is 13.8 Å². The van der Waals surface area contributed by atoms with E-state index in [0.29, 0.717) is 4.73 Å². The van der Waals surface area contributed by atoms with Gasteiger partial charge in [-0.05, 0) is 29.8 Å². The molecule has 2 rings (SSSR count). The number of hydrogen-bond donors (Lipinski definition) is 0. The standard InChI is InChI=1S/C7H7BrN4/c1-4-3-6-9-5(2)10-7(8)12(6)11-4/h3H,1-2H3. The van der Waals surface area contributed by atoms with Gasteiger partial charge in [-0.15, -0.1) is 0 Å². The fourth-order valence-corrected chi connectivity index (χ4v) is 1.59. The molecule has 0 aliphatic heterocycles. The molecule has 2 heterocycles. The van der Waals surface area contributed by atoms with E-state index in [1.165, 1.54) is 0 Å². The molecule has 2 aromatic heterocycles. The minimum absolute atomic E-state index is 0.693. The van der Waals surface area contributed by atoms with Crippen molar-refractivity contribution >= 4 is 21.6 Å². The van der Waals surface area contributed by atoms with E-state index in [-0.39, 0.29) is 0 Å². The van der Waals surface area contributed by atoms with Crippen LogP contribution in [0.15, 0.2) is 10.8 Å². The highest BCUT2D eigenvalue weighted by Crippen LogP contribution is 2.10. The van der Waals surface area contributed by atoms with Crippen molar-refractivity contribution in [2.75, 3.05) is 0 Å². The maximum atomic E-state index is 4.22. The third kappa shape index (κ3) is 1.10. The van der Waals surface area contributed by atoms with E-state index < -0.39 is 0 Å². The van der Waals surface area contributed by atoms with E-state index in [1.807, 2.05) is 19.9 Å². The molecule has 0 aliphatic rings. The molecule has 0 radical (unpaired) electrons. The van der Waals surface area contributed by atoms with E-state index in [4.69, 9.17) is 0 Å². The number of fused-ring (bicyclic) bond motifs is 1. The van der Waals surface area contributed by atoms with Gasteiger partial charge in [0.25, 0.3) is 0 Å². The highest BCUT2D eigenvalue weighted by molar-refractivity contribution is 9.10. The molecule has 0 aliphatic carbocycles. The maximum Gasteiger partial charge on any atom is 0.201 e. The van der Waals surface area contributed by atoms with Crippen LogP contribution in [0.4, 0.5) is 0 Å². The van der Waals surface area contributed by atoms with E-state index in [0.717, 1.165) is 17.2 Å². The van der Waals surface area contributed by atoms with Gasteiger partial charge in [0, 0.05) is 6.07 Å². The topological polar surface area (TPSA) is 43.1 Å². The summed E-state index contributed by atoms with van der Waals surface area (Å²) >= 11 is 3.31. The zero-order valence-corrected chi connectivity index (χ0v) is 8.33. The van der Waals surface area contributed by atoms with Gasteiger partial charge in [0.05, 0.1) is 5.69 Å². The quantitative estimate of drug-likeness (QED) is 0.684. The molecule has 0 amide bonds. The smallest absolute Gasteiger partial charge is 0.201 e. The summed E-state index contributed by atoms with van der Waals surface area (Å²) in [5, 5.41) is 4.20. The molecule has 4 nitrogen and oxygen atoms in total. The summed E-state index contributed by atoms with van der Waals surface area (Å²) < 4.78 is 2.36. The Labute approximate surface area is 77.8 Å². The number of halogens is 1. The van der Waals surface area contributed by atoms with Crippen molar-refractivity contribution in [3.05, 3.63) is 22.3 Å². The lowest BCUT2D eigenvalue weighted by Crippen LogP contribution is -1.98. The molecular formula is C7H7BrN4. The van der Waals surface area contributed by atoms with Crippen LogP contribution in [0.2, 0.25) is 0 Å². The van der Waals surface area contributed by atoms with Gasteiger partial charge in [-0.25, -0.2) is 9.97 Å². The Morgan fingerprint density at radius 3 is 2.83 bits per heavy atom. The van der Waals surface area contributed by atoms with Gasteiger partial charge in [0.15, 0.2) is 5.65 Å². The Hall–Kier alpha value is -0.970. The van der Waals surface area contributed by atoms with Crippen molar-refractivity contribution in [1.82, 2.24) is 19.6 Å². The highest BCUT2D eigenvalue weighted by atomic mass is 79.9. The lowest BCUT2D eigenvalue weighted by Gasteiger charge is -1.96. The van der Waals surface area contributed by atoms with Gasteiger partial charge in [0.1, 0.15) is 5.82 Å². The first-order valence-corrected chi connectivity index (χ1v) is 4.32. The van der Waals surface area contributed by atoms with Crippen LogP contribution >= 0.6 is 15.9 Å². The van der Waals surface area contributed by atoms with Crippen molar-refractivity contribution in [2.45, 2.75) is 13.8 Å². The van der Waals surface area contributed by atoms with Gasteiger partial charge >= 0.3 is 0 Å². The van der Waals surface area contributed by atoms with E-state index in [9.17, 15) is 0 Å². The third-order valence-corrected chi connectivity index (χ3v) is 2.03. The molecule has 0 saturated heterocycles. The van der Waals surface area contributed by atoms with Gasteiger partial charge in [-0.1, -0.05) is 0 Å². The SMILES string of the molecule is Cc1cc2nc(C)nc(Br)n2n1. The van der Waals surface area contributed by atoms with E-state index in [2.05, 4.69) is 31.0 Å². The largest absolute Gasteiger partial charge is 0.214 e. The molecule has 5 heteroatoms. The first-order valence-electron chi connectivity index (χ1n) is 3.53. The highest BCUT2D eigenvalue weighted by Gasteiger charge is 2.03. The number of aromatic nitrogens is 4. The van der Waals surface area contributed by atoms with Crippen molar-refractivity contribution in [3.8, 4) is 0 Å². The summed E-state index contributed by atoms with van der Waals surface area (Å²) in [5.74, 6) is 0.745. The summed E-state index contributed by atoms with van der Waals surface area (Å²) in [6, 6.07) is 1.92. The fourth-order valence-electron chi connectivity index (χ4n) is 1.07. The molecule has 12 heavy (non-hydrogen) atoms. The molecule has 0 fully saturated rings. The van der Waals surface area contributed by atoms with Gasteiger partial charge in [-0.3, -0.25) is 0 Å². The number of hydrogen-bond acceptors (Lipinski definition) is 3. The number of aryl methyl sites for hydroxylation is 2. The molecular weight excluding hydrogens is 220 g/mol. The lowest BCUT2D eigenvalue weighted by atomic mass is 10.5. The summed E-state index contributed by atoms with van der Waals surface area (Å²) in [6.07, 6.45) is 0. The van der Waals surface area contributed by atoms with Crippen LogP contribution in [-0.2, 0) is 0 Å². The average Bonchev–Trinajstić information content (AvgIpc) is 2.29. The van der Waals surface area contributed by atoms with Crippen LogP contribution in [-0.4, -0.2) is 19.6 Å². The van der Waals surface area contributed by atoms with E-state index >= 15 is 0 Å². The zero-order chi connectivity index (χ0) is 8.72. The monoisotopic (exact) mass is 226 g/mol. The molecule has 0 spiro atoms. The molecule has 0 bridgehead atoms. The minimum atomic E-state index is 0.693. The fraction of sp³-hybridized carbons (Fsp3) is 0.286. The lowest BCUT2D eigenvalue weighted by molar-refractivity contribution is 0.827. The van der Waals surface area contributed by atoms with Crippen molar-refractivity contribution in [1.29, 1.82) is 0 Å². The second kappa shape index (κ2) is 2.52. The van der Waals surface area contributed by atoms with E-state index in [1.54, 1.807) is 4.52 Å². The van der Waals surface area contributed by atoms with Crippen molar-refractivity contribution < 1.29 is 0 Å². The first kappa shape index (κ1) is 7.67. The third-order valence-electron chi connectivity index (χ3n) is 1.52. The normalized spacial score (nSPS) is 10.9. The van der Waals surface area contributed by atoms with Crippen molar-refractivity contribution in [3.63, 3.8) is 0 Å². The Kier molecular flexibility index (Phi) is 1.61. The molecule has 0 unspecified atom stereocenters. The van der Waals surface area contributed by atoms with Crippen LogP contribution in [0.25, 0.3) is 5.65 Å². The second-order valence-corrected chi connectivity index (χ2v) is 3.30. The average molecular weight is 227 g/mol. The Morgan fingerprint density at radius 2 is 2.08 bits per heavy atom. The maximum absolute atomic E-state index is 4.22. The van der Waals surface area contributed by atoms with Crippen LogP contribution in [0.3, 0.4) is 0 Å². The molecule has 0 saturated carbocycles. The van der Waals surface area contributed by atoms with Crippen LogP contribution in [0.5, 0.6) is 0 Å². The number of rotatable bonds is 0. The predicted octanol–water partition coefficient (Wildman–Crippen LogP) is 1.50. The molecule has 62 valence electrons. The molecule has 2 aromatic rings. The summed E-state index contributed by atoms with van der Waals surface area (Å²) in [5.41, 5.74) is 1.77. The van der Waals surface area contributed by atoms with Crippen LogP contribution < -0.4 is 0 Å².